The van der Waals surface area contributed by atoms with Crippen molar-refractivity contribution in [2.45, 2.75) is 12.6 Å². The summed E-state index contributed by atoms with van der Waals surface area (Å²) in [6.45, 7) is 0.532. The van der Waals surface area contributed by atoms with Gasteiger partial charge in [-0.25, -0.2) is 4.98 Å². The van der Waals surface area contributed by atoms with Gasteiger partial charge in [0, 0.05) is 10.4 Å². The summed E-state index contributed by atoms with van der Waals surface area (Å²) in [7, 11) is 0. The first-order valence-electron chi connectivity index (χ1n) is 9.78. The summed E-state index contributed by atoms with van der Waals surface area (Å²) < 4.78 is 5.66. The maximum Gasteiger partial charge on any atom is 0.259 e. The summed E-state index contributed by atoms with van der Waals surface area (Å²) in [5.41, 5.74) is 2.13. The van der Waals surface area contributed by atoms with E-state index in [4.69, 9.17) is 9.40 Å². The van der Waals surface area contributed by atoms with Crippen molar-refractivity contribution in [3.05, 3.63) is 113 Å². The second-order valence-corrected chi connectivity index (χ2v) is 8.08. The Morgan fingerprint density at radius 2 is 1.77 bits per heavy atom. The number of nitrogens with one attached hydrogen (secondary N) is 1. The van der Waals surface area contributed by atoms with Gasteiger partial charge < -0.3 is 14.7 Å². The van der Waals surface area contributed by atoms with E-state index in [1.54, 1.807) is 17.6 Å². The molecule has 0 fully saturated rings. The zero-order valence-electron chi connectivity index (χ0n) is 16.1. The quantitative estimate of drug-likeness (QED) is 0.439. The number of quaternary nitrogens is 1. The average Bonchev–Trinajstić information content (AvgIpc) is 3.46. The molecule has 0 saturated heterocycles. The van der Waals surface area contributed by atoms with Crippen molar-refractivity contribution in [1.29, 1.82) is 0 Å². The van der Waals surface area contributed by atoms with Gasteiger partial charge in [-0.05, 0) is 23.8 Å². The number of aromatic amines is 1. The van der Waals surface area contributed by atoms with Gasteiger partial charge in [-0.3, -0.25) is 4.79 Å². The summed E-state index contributed by atoms with van der Waals surface area (Å²) in [5.74, 6) is 1.52. The molecule has 3 heterocycles. The zero-order chi connectivity index (χ0) is 20.3. The molecule has 3 N–H and O–H groups in total. The van der Waals surface area contributed by atoms with Crippen LogP contribution in [-0.4, -0.2) is 9.97 Å². The number of nitrogens with two attached hydrogens (primary N) is 1. The van der Waals surface area contributed by atoms with E-state index >= 15 is 0 Å². The molecular weight excluding hydrogens is 394 g/mol. The van der Waals surface area contributed by atoms with Crippen molar-refractivity contribution in [3.63, 3.8) is 0 Å². The molecule has 3 aromatic heterocycles. The highest BCUT2D eigenvalue weighted by molar-refractivity contribution is 7.21. The Balaban J connectivity index is 1.44. The minimum absolute atomic E-state index is 0.00888. The summed E-state index contributed by atoms with van der Waals surface area (Å²) in [6.07, 6.45) is 1.68. The van der Waals surface area contributed by atoms with Crippen LogP contribution < -0.4 is 10.9 Å². The Labute approximate surface area is 177 Å². The Kier molecular flexibility index (Phi) is 5.01. The van der Waals surface area contributed by atoms with Crippen molar-refractivity contribution < 1.29 is 9.73 Å². The molecule has 5 rings (SSSR count). The Bertz CT molecular complexity index is 1310. The van der Waals surface area contributed by atoms with E-state index in [1.807, 2.05) is 66.7 Å². The predicted molar refractivity (Wildman–Crippen MR) is 118 cm³/mol. The highest BCUT2D eigenvalue weighted by atomic mass is 32.1. The third-order valence-electron chi connectivity index (χ3n) is 5.07. The van der Waals surface area contributed by atoms with E-state index in [9.17, 15) is 4.79 Å². The predicted octanol–water partition coefficient (Wildman–Crippen LogP) is 4.10. The molecule has 5 nitrogen and oxygen atoms in total. The SMILES string of the molecule is O=c1[nH]c(C[NH2+][C@H](c2ccccc2)c2ccco2)nc2sc(-c3ccccc3)cc12. The number of thiophene rings is 1. The van der Waals surface area contributed by atoms with Gasteiger partial charge >= 0.3 is 0 Å². The molecule has 148 valence electrons. The summed E-state index contributed by atoms with van der Waals surface area (Å²) in [4.78, 5) is 22.1. The maximum absolute atomic E-state index is 12.7. The van der Waals surface area contributed by atoms with Gasteiger partial charge in [0.2, 0.25) is 0 Å². The standard InChI is InChI=1S/C24H19N3O2S/c28-23-18-14-20(16-8-3-1-4-9-16)30-24(18)27-21(26-23)15-25-22(19-12-7-13-29-19)17-10-5-2-6-11-17/h1-14,22,25H,15H2,(H,26,27,28)/p+1/t22-/m1/s1. The van der Waals surface area contributed by atoms with Crippen LogP contribution in [0.15, 0.2) is 94.3 Å². The topological polar surface area (TPSA) is 75.5 Å². The van der Waals surface area contributed by atoms with Crippen LogP contribution in [0, 0.1) is 0 Å². The molecule has 0 bridgehead atoms. The van der Waals surface area contributed by atoms with Gasteiger partial charge in [0.05, 0.1) is 11.6 Å². The van der Waals surface area contributed by atoms with E-state index in [0.29, 0.717) is 17.8 Å². The Morgan fingerprint density at radius 3 is 2.50 bits per heavy atom. The summed E-state index contributed by atoms with van der Waals surface area (Å²) in [6, 6.07) is 26.0. The number of hydrogen-bond acceptors (Lipinski definition) is 4. The number of hydrogen-bond donors (Lipinski definition) is 2. The first kappa shape index (κ1) is 18.5. The maximum atomic E-state index is 12.7. The number of aromatic nitrogens is 2. The van der Waals surface area contributed by atoms with Gasteiger partial charge in [-0.1, -0.05) is 60.7 Å². The van der Waals surface area contributed by atoms with Crippen LogP contribution in [-0.2, 0) is 6.54 Å². The number of H-pyrrole nitrogens is 1. The average molecular weight is 415 g/mol. The lowest BCUT2D eigenvalue weighted by molar-refractivity contribution is -0.705. The molecule has 30 heavy (non-hydrogen) atoms. The van der Waals surface area contributed by atoms with Crippen LogP contribution in [0.2, 0.25) is 0 Å². The highest BCUT2D eigenvalue weighted by Gasteiger charge is 2.21. The van der Waals surface area contributed by atoms with Crippen molar-refractivity contribution >= 4 is 21.6 Å². The van der Waals surface area contributed by atoms with Crippen LogP contribution in [0.5, 0.6) is 0 Å². The lowest BCUT2D eigenvalue weighted by Gasteiger charge is -2.13. The fourth-order valence-electron chi connectivity index (χ4n) is 3.59. The lowest BCUT2D eigenvalue weighted by Crippen LogP contribution is -2.84. The molecule has 1 atom stereocenters. The molecule has 6 heteroatoms. The molecule has 0 radical (unpaired) electrons. The largest absolute Gasteiger partial charge is 0.463 e. The molecule has 0 aliphatic carbocycles. The molecule has 2 aromatic carbocycles. The minimum atomic E-state index is -0.101. The monoisotopic (exact) mass is 414 g/mol. The minimum Gasteiger partial charge on any atom is -0.463 e. The first-order chi connectivity index (χ1) is 14.8. The van der Waals surface area contributed by atoms with Crippen molar-refractivity contribution in [3.8, 4) is 10.4 Å². The number of benzene rings is 2. The summed E-state index contributed by atoms with van der Waals surface area (Å²) >= 11 is 1.54. The number of furan rings is 1. The summed E-state index contributed by atoms with van der Waals surface area (Å²) in [5, 5.41) is 2.76. The van der Waals surface area contributed by atoms with Crippen molar-refractivity contribution in [2.24, 2.45) is 0 Å². The van der Waals surface area contributed by atoms with E-state index in [1.165, 1.54) is 0 Å². The normalized spacial score (nSPS) is 12.3. The molecular formula is C24H20N3O2S+. The zero-order valence-corrected chi connectivity index (χ0v) is 16.9. The van der Waals surface area contributed by atoms with Crippen LogP contribution in [0.3, 0.4) is 0 Å². The van der Waals surface area contributed by atoms with Crippen LogP contribution in [0.4, 0.5) is 0 Å². The second-order valence-electron chi connectivity index (χ2n) is 7.05. The fraction of sp³-hybridized carbons (Fsp3) is 0.0833. The molecule has 5 aromatic rings. The van der Waals surface area contributed by atoms with Gasteiger partial charge in [-0.2, -0.15) is 0 Å². The molecule has 0 saturated carbocycles. The van der Waals surface area contributed by atoms with Crippen LogP contribution in [0.1, 0.15) is 23.2 Å². The van der Waals surface area contributed by atoms with Gasteiger partial charge in [0.1, 0.15) is 11.4 Å². The smallest absolute Gasteiger partial charge is 0.259 e. The third kappa shape index (κ3) is 3.70. The third-order valence-corrected chi connectivity index (χ3v) is 6.14. The first-order valence-corrected chi connectivity index (χ1v) is 10.6. The fourth-order valence-corrected chi connectivity index (χ4v) is 4.65. The van der Waals surface area contributed by atoms with Gasteiger partial charge in [0.15, 0.2) is 17.6 Å². The van der Waals surface area contributed by atoms with Gasteiger partial charge in [-0.15, -0.1) is 11.3 Å². The lowest BCUT2D eigenvalue weighted by atomic mass is 10.0. The van der Waals surface area contributed by atoms with Crippen molar-refractivity contribution in [2.75, 3.05) is 0 Å². The van der Waals surface area contributed by atoms with E-state index in [0.717, 1.165) is 26.6 Å². The van der Waals surface area contributed by atoms with Crippen molar-refractivity contribution in [1.82, 2.24) is 9.97 Å². The van der Waals surface area contributed by atoms with Gasteiger partial charge in [0.25, 0.3) is 5.56 Å². The molecule has 0 amide bonds. The number of nitrogens with zero attached hydrogens (tertiary/aromatic N) is 1. The Hall–Kier alpha value is -3.48. The second kappa shape index (κ2) is 8.10. The van der Waals surface area contributed by atoms with Crippen LogP contribution >= 0.6 is 11.3 Å². The van der Waals surface area contributed by atoms with E-state index in [-0.39, 0.29) is 11.6 Å². The molecule has 0 unspecified atom stereocenters. The molecule has 0 aliphatic heterocycles. The molecule has 0 spiro atoms. The highest BCUT2D eigenvalue weighted by Crippen LogP contribution is 2.30. The number of fused-ring (bicyclic) bond motifs is 1. The molecule has 0 aliphatic rings. The Morgan fingerprint density at radius 1 is 1.00 bits per heavy atom. The number of rotatable bonds is 6. The van der Waals surface area contributed by atoms with Crippen LogP contribution in [0.25, 0.3) is 20.7 Å². The van der Waals surface area contributed by atoms with E-state index < -0.39 is 0 Å². The van der Waals surface area contributed by atoms with E-state index in [2.05, 4.69) is 22.4 Å².